The predicted molar refractivity (Wildman–Crippen MR) is 63.2 cm³/mol. The van der Waals surface area contributed by atoms with Gasteiger partial charge in [0.05, 0.1) is 6.54 Å². The van der Waals surface area contributed by atoms with Crippen molar-refractivity contribution in [3.8, 4) is 0 Å². The average Bonchev–Trinajstić information content (AvgIpc) is 2.81. The number of urea groups is 1. The maximum Gasteiger partial charge on any atom is 0.422 e. The molecular weight excluding hydrogens is 295 g/mol. The van der Waals surface area contributed by atoms with E-state index in [2.05, 4.69) is 15.5 Å². The summed E-state index contributed by atoms with van der Waals surface area (Å²) in [4.78, 5) is 22.2. The highest BCUT2D eigenvalue weighted by Crippen LogP contribution is 2.30. The predicted octanol–water partition coefficient (Wildman–Crippen LogP) is 0.503. The maximum absolute atomic E-state index is 12.7. The van der Waals surface area contributed by atoms with Crippen molar-refractivity contribution in [3.05, 3.63) is 12.2 Å². The third-order valence-corrected chi connectivity index (χ3v) is 2.80. The van der Waals surface area contributed by atoms with Gasteiger partial charge in [-0.25, -0.2) is 9.59 Å². The molecule has 8 nitrogen and oxygen atoms in total. The molecule has 0 aliphatic carbocycles. The Morgan fingerprint density at radius 3 is 2.52 bits per heavy atom. The Morgan fingerprint density at radius 2 is 2.05 bits per heavy atom. The van der Waals surface area contributed by atoms with Gasteiger partial charge in [-0.3, -0.25) is 0 Å². The minimum Gasteiger partial charge on any atom is -0.479 e. The second-order valence-electron chi connectivity index (χ2n) is 4.27. The van der Waals surface area contributed by atoms with Gasteiger partial charge in [0.15, 0.2) is 5.82 Å². The molecule has 1 heterocycles. The largest absolute Gasteiger partial charge is 0.479 e. The molecule has 0 saturated carbocycles. The van der Waals surface area contributed by atoms with Crippen molar-refractivity contribution >= 4 is 12.0 Å². The van der Waals surface area contributed by atoms with Crippen LogP contribution in [0.1, 0.15) is 19.7 Å². The standard InChI is InChI=1S/C10H14F3N5O3/c1-3-18-5-15-17-6(18)4-14-8(21)16-9(2,7(19)20)10(11,12)13/h5H,3-4H2,1-2H3,(H,19,20)(H2,14,16,21). The van der Waals surface area contributed by atoms with Crippen LogP contribution in [0, 0.1) is 0 Å². The monoisotopic (exact) mass is 309 g/mol. The van der Waals surface area contributed by atoms with Crippen molar-refractivity contribution in [1.82, 2.24) is 25.4 Å². The quantitative estimate of drug-likeness (QED) is 0.734. The summed E-state index contributed by atoms with van der Waals surface area (Å²) in [6.45, 7) is 2.48. The first-order valence-corrected chi connectivity index (χ1v) is 5.84. The number of aryl methyl sites for hydroxylation is 1. The first kappa shape index (κ1) is 16.7. The molecule has 118 valence electrons. The van der Waals surface area contributed by atoms with E-state index >= 15 is 0 Å². The number of hydrogen-bond donors (Lipinski definition) is 3. The highest BCUT2D eigenvalue weighted by molar-refractivity contribution is 5.86. The van der Waals surface area contributed by atoms with E-state index in [0.29, 0.717) is 19.3 Å². The lowest BCUT2D eigenvalue weighted by Gasteiger charge is -2.28. The number of aliphatic carboxylic acids is 1. The Balaban J connectivity index is 2.70. The fraction of sp³-hybridized carbons (Fsp3) is 0.600. The summed E-state index contributed by atoms with van der Waals surface area (Å²) in [7, 11) is 0. The van der Waals surface area contributed by atoms with Gasteiger partial charge >= 0.3 is 18.2 Å². The molecule has 0 radical (unpaired) electrons. The van der Waals surface area contributed by atoms with Crippen LogP contribution in [0.5, 0.6) is 0 Å². The van der Waals surface area contributed by atoms with Gasteiger partial charge in [-0.1, -0.05) is 0 Å². The van der Waals surface area contributed by atoms with E-state index in [1.54, 1.807) is 11.5 Å². The Bertz CT molecular complexity index is 530. The van der Waals surface area contributed by atoms with Gasteiger partial charge in [-0.05, 0) is 13.8 Å². The molecule has 0 saturated heterocycles. The summed E-state index contributed by atoms with van der Waals surface area (Å²) >= 11 is 0. The zero-order valence-electron chi connectivity index (χ0n) is 11.2. The average molecular weight is 309 g/mol. The number of carbonyl (C=O) groups is 2. The van der Waals surface area contributed by atoms with Crippen LogP contribution < -0.4 is 10.6 Å². The normalized spacial score (nSPS) is 14.3. The van der Waals surface area contributed by atoms with Crippen LogP contribution >= 0.6 is 0 Å². The van der Waals surface area contributed by atoms with Crippen molar-refractivity contribution in [1.29, 1.82) is 0 Å². The molecule has 1 unspecified atom stereocenters. The van der Waals surface area contributed by atoms with Gasteiger partial charge < -0.3 is 20.3 Å². The van der Waals surface area contributed by atoms with Crippen LogP contribution in [0.25, 0.3) is 0 Å². The van der Waals surface area contributed by atoms with E-state index in [1.165, 1.54) is 11.6 Å². The van der Waals surface area contributed by atoms with E-state index in [1.807, 2.05) is 0 Å². The summed E-state index contributed by atoms with van der Waals surface area (Å²) < 4.78 is 39.7. The molecule has 0 aromatic carbocycles. The fourth-order valence-electron chi connectivity index (χ4n) is 1.36. The number of carbonyl (C=O) groups excluding carboxylic acids is 1. The number of carboxylic acids is 1. The first-order chi connectivity index (χ1) is 9.61. The van der Waals surface area contributed by atoms with Crippen molar-refractivity contribution in [2.75, 3.05) is 0 Å². The minimum atomic E-state index is -5.14. The number of carboxylic acid groups (broad SMARTS) is 1. The van der Waals surface area contributed by atoms with Gasteiger partial charge in [0, 0.05) is 6.54 Å². The maximum atomic E-state index is 12.7. The Labute approximate surface area is 117 Å². The molecular formula is C10H14F3N5O3. The van der Waals surface area contributed by atoms with E-state index in [9.17, 15) is 22.8 Å². The highest BCUT2D eigenvalue weighted by Gasteiger charge is 2.58. The van der Waals surface area contributed by atoms with Crippen LogP contribution in [0.2, 0.25) is 0 Å². The molecule has 1 atom stereocenters. The van der Waals surface area contributed by atoms with Crippen molar-refractivity contribution < 1.29 is 27.9 Å². The number of amides is 2. The van der Waals surface area contributed by atoms with Crippen molar-refractivity contribution in [2.45, 2.75) is 38.7 Å². The van der Waals surface area contributed by atoms with Crippen LogP contribution in [-0.4, -0.2) is 43.6 Å². The van der Waals surface area contributed by atoms with Crippen LogP contribution in [-0.2, 0) is 17.9 Å². The number of halogens is 3. The van der Waals surface area contributed by atoms with Gasteiger partial charge in [0.25, 0.3) is 0 Å². The molecule has 0 bridgehead atoms. The van der Waals surface area contributed by atoms with E-state index < -0.39 is 23.7 Å². The Morgan fingerprint density at radius 1 is 1.43 bits per heavy atom. The summed E-state index contributed by atoms with van der Waals surface area (Å²) in [5.74, 6) is -1.88. The second kappa shape index (κ2) is 5.97. The molecule has 1 aromatic heterocycles. The van der Waals surface area contributed by atoms with Gasteiger partial charge in [-0.2, -0.15) is 13.2 Å². The van der Waals surface area contributed by atoms with Crippen LogP contribution in [0.4, 0.5) is 18.0 Å². The Hall–Kier alpha value is -2.33. The number of nitrogens with zero attached hydrogens (tertiary/aromatic N) is 3. The molecule has 2 amide bonds. The van der Waals surface area contributed by atoms with E-state index in [4.69, 9.17) is 5.11 Å². The molecule has 0 aliphatic rings. The SMILES string of the molecule is CCn1cnnc1CNC(=O)NC(C)(C(=O)O)C(F)(F)F. The summed E-state index contributed by atoms with van der Waals surface area (Å²) in [6, 6.07) is -1.28. The fourth-order valence-corrected chi connectivity index (χ4v) is 1.36. The third-order valence-electron chi connectivity index (χ3n) is 2.80. The first-order valence-electron chi connectivity index (χ1n) is 5.84. The summed E-state index contributed by atoms with van der Waals surface area (Å²) in [6.07, 6.45) is -3.74. The van der Waals surface area contributed by atoms with Crippen molar-refractivity contribution in [2.24, 2.45) is 0 Å². The molecule has 1 rings (SSSR count). The molecule has 1 aromatic rings. The molecule has 21 heavy (non-hydrogen) atoms. The highest BCUT2D eigenvalue weighted by atomic mass is 19.4. The zero-order chi connectivity index (χ0) is 16.3. The summed E-state index contributed by atoms with van der Waals surface area (Å²) in [5.41, 5.74) is -3.38. The number of hydrogen-bond acceptors (Lipinski definition) is 4. The lowest BCUT2D eigenvalue weighted by atomic mass is 10.0. The van der Waals surface area contributed by atoms with E-state index in [-0.39, 0.29) is 6.54 Å². The third kappa shape index (κ3) is 3.61. The smallest absolute Gasteiger partial charge is 0.422 e. The van der Waals surface area contributed by atoms with Gasteiger partial charge in [-0.15, -0.1) is 10.2 Å². The van der Waals surface area contributed by atoms with Gasteiger partial charge in [0.2, 0.25) is 5.54 Å². The van der Waals surface area contributed by atoms with Crippen LogP contribution in [0.3, 0.4) is 0 Å². The number of rotatable bonds is 5. The molecule has 3 N–H and O–H groups in total. The molecule has 0 aliphatic heterocycles. The number of aromatic nitrogens is 3. The topological polar surface area (TPSA) is 109 Å². The molecule has 0 spiro atoms. The molecule has 0 fully saturated rings. The second-order valence-corrected chi connectivity index (χ2v) is 4.27. The number of nitrogens with one attached hydrogen (secondary N) is 2. The minimum absolute atomic E-state index is 0.187. The Kier molecular flexibility index (Phi) is 4.76. The van der Waals surface area contributed by atoms with E-state index in [0.717, 1.165) is 0 Å². The van der Waals surface area contributed by atoms with Crippen LogP contribution in [0.15, 0.2) is 6.33 Å². The number of alkyl halides is 3. The van der Waals surface area contributed by atoms with Crippen molar-refractivity contribution in [3.63, 3.8) is 0 Å². The lowest BCUT2D eigenvalue weighted by molar-refractivity contribution is -0.203. The molecule has 11 heteroatoms. The zero-order valence-corrected chi connectivity index (χ0v) is 11.2. The summed E-state index contributed by atoms with van der Waals surface area (Å²) in [5, 5.41) is 19.4. The van der Waals surface area contributed by atoms with Gasteiger partial charge in [0.1, 0.15) is 6.33 Å². The lowest BCUT2D eigenvalue weighted by Crippen LogP contribution is -2.63.